The van der Waals surface area contributed by atoms with Crippen LogP contribution in [-0.2, 0) is 4.79 Å². The summed E-state index contributed by atoms with van der Waals surface area (Å²) in [5.74, 6) is 0.678. The average Bonchev–Trinajstić information content (AvgIpc) is 2.07. The minimum atomic E-state index is 0.106. The van der Waals surface area contributed by atoms with Crippen LogP contribution in [0, 0.1) is 11.8 Å². The van der Waals surface area contributed by atoms with Crippen molar-refractivity contribution < 1.29 is 4.79 Å². The Kier molecular flexibility index (Phi) is 2.03. The summed E-state index contributed by atoms with van der Waals surface area (Å²) in [5, 5.41) is 2.84. The average molecular weight is 153 g/mol. The molecule has 1 rings (SSSR count). The van der Waals surface area contributed by atoms with Gasteiger partial charge in [0.2, 0.25) is 5.91 Å². The number of rotatable bonds is 1. The van der Waals surface area contributed by atoms with E-state index in [1.54, 1.807) is 0 Å². The van der Waals surface area contributed by atoms with Crippen LogP contribution in [0.4, 0.5) is 0 Å². The molecule has 0 aromatic rings. The van der Waals surface area contributed by atoms with E-state index in [-0.39, 0.29) is 11.8 Å². The van der Waals surface area contributed by atoms with Crippen LogP contribution in [0.1, 0.15) is 27.7 Å². The number of allylic oxidation sites excluding steroid dienone is 1. The molecule has 0 saturated heterocycles. The summed E-state index contributed by atoms with van der Waals surface area (Å²) >= 11 is 0. The molecule has 1 aliphatic rings. The van der Waals surface area contributed by atoms with E-state index < -0.39 is 0 Å². The van der Waals surface area contributed by atoms with Gasteiger partial charge in [0.15, 0.2) is 0 Å². The molecule has 1 unspecified atom stereocenters. The Hall–Kier alpha value is -0.790. The summed E-state index contributed by atoms with van der Waals surface area (Å²) < 4.78 is 0. The Morgan fingerprint density at radius 3 is 2.09 bits per heavy atom. The van der Waals surface area contributed by atoms with Gasteiger partial charge in [-0.25, -0.2) is 0 Å². The molecule has 1 amide bonds. The molecule has 0 aromatic heterocycles. The number of carbonyl (C=O) groups excluding carboxylic acids is 1. The topological polar surface area (TPSA) is 29.1 Å². The fourth-order valence-corrected chi connectivity index (χ4v) is 1.59. The quantitative estimate of drug-likeness (QED) is 0.610. The number of nitrogens with one attached hydrogen (secondary N) is 1. The molecule has 11 heavy (non-hydrogen) atoms. The van der Waals surface area contributed by atoms with Crippen molar-refractivity contribution in [3.8, 4) is 0 Å². The molecule has 0 bridgehead atoms. The summed E-state index contributed by atoms with van der Waals surface area (Å²) in [7, 11) is 0. The van der Waals surface area contributed by atoms with Gasteiger partial charge in [0.1, 0.15) is 0 Å². The SMILES string of the molecule is CC1=C(C)C(C(C)C)C(=O)N1. The second-order valence-electron chi connectivity index (χ2n) is 3.52. The largest absolute Gasteiger partial charge is 0.330 e. The van der Waals surface area contributed by atoms with Gasteiger partial charge in [0.25, 0.3) is 0 Å². The van der Waals surface area contributed by atoms with Gasteiger partial charge in [0.05, 0.1) is 5.92 Å². The van der Waals surface area contributed by atoms with Crippen LogP contribution in [0.5, 0.6) is 0 Å². The Balaban J connectivity index is 2.88. The van der Waals surface area contributed by atoms with Gasteiger partial charge in [-0.05, 0) is 25.3 Å². The van der Waals surface area contributed by atoms with Crippen LogP contribution in [-0.4, -0.2) is 5.91 Å². The van der Waals surface area contributed by atoms with Crippen molar-refractivity contribution in [2.45, 2.75) is 27.7 Å². The van der Waals surface area contributed by atoms with Gasteiger partial charge < -0.3 is 5.32 Å². The number of carbonyl (C=O) groups is 1. The lowest BCUT2D eigenvalue weighted by Crippen LogP contribution is -2.24. The van der Waals surface area contributed by atoms with E-state index in [2.05, 4.69) is 19.2 Å². The van der Waals surface area contributed by atoms with Crippen LogP contribution >= 0.6 is 0 Å². The number of hydrogen-bond acceptors (Lipinski definition) is 1. The highest BCUT2D eigenvalue weighted by Gasteiger charge is 2.30. The van der Waals surface area contributed by atoms with Gasteiger partial charge in [-0.15, -0.1) is 0 Å². The lowest BCUT2D eigenvalue weighted by Gasteiger charge is -2.12. The summed E-state index contributed by atoms with van der Waals surface area (Å²) in [6.07, 6.45) is 0. The molecule has 2 heteroatoms. The highest BCUT2D eigenvalue weighted by Crippen LogP contribution is 2.27. The first-order chi connectivity index (χ1) is 5.04. The maximum atomic E-state index is 11.3. The number of amides is 1. The van der Waals surface area contributed by atoms with Gasteiger partial charge in [-0.1, -0.05) is 13.8 Å². The molecule has 0 fully saturated rings. The molecule has 1 heterocycles. The third-order valence-corrected chi connectivity index (χ3v) is 2.32. The predicted molar refractivity (Wildman–Crippen MR) is 44.8 cm³/mol. The van der Waals surface area contributed by atoms with Crippen LogP contribution in [0.25, 0.3) is 0 Å². The first-order valence-corrected chi connectivity index (χ1v) is 4.02. The second-order valence-corrected chi connectivity index (χ2v) is 3.52. The van der Waals surface area contributed by atoms with E-state index in [1.165, 1.54) is 5.57 Å². The standard InChI is InChI=1S/C9H15NO/c1-5(2)8-6(3)7(4)10-9(8)11/h5,8H,1-4H3,(H,10,11). The molecule has 1 N–H and O–H groups in total. The van der Waals surface area contributed by atoms with E-state index in [4.69, 9.17) is 0 Å². The zero-order valence-electron chi connectivity index (χ0n) is 7.56. The number of hydrogen-bond donors (Lipinski definition) is 1. The molecule has 1 aliphatic heterocycles. The van der Waals surface area contributed by atoms with E-state index in [1.807, 2.05) is 13.8 Å². The monoisotopic (exact) mass is 153 g/mol. The van der Waals surface area contributed by atoms with Crippen molar-refractivity contribution in [3.63, 3.8) is 0 Å². The minimum absolute atomic E-state index is 0.106. The third-order valence-electron chi connectivity index (χ3n) is 2.32. The first-order valence-electron chi connectivity index (χ1n) is 4.02. The highest BCUT2D eigenvalue weighted by atomic mass is 16.2. The van der Waals surface area contributed by atoms with Gasteiger partial charge in [-0.2, -0.15) is 0 Å². The molecular weight excluding hydrogens is 138 g/mol. The van der Waals surface area contributed by atoms with Gasteiger partial charge in [-0.3, -0.25) is 4.79 Å². The molecule has 0 radical (unpaired) electrons. The van der Waals surface area contributed by atoms with Crippen LogP contribution in [0.2, 0.25) is 0 Å². The third kappa shape index (κ3) is 1.30. The normalized spacial score (nSPS) is 24.8. The smallest absolute Gasteiger partial charge is 0.231 e. The van der Waals surface area contributed by atoms with Crippen molar-refractivity contribution in [3.05, 3.63) is 11.3 Å². The van der Waals surface area contributed by atoms with Crippen LogP contribution in [0.15, 0.2) is 11.3 Å². The lowest BCUT2D eigenvalue weighted by molar-refractivity contribution is -0.123. The summed E-state index contributed by atoms with van der Waals surface area (Å²) in [6.45, 7) is 8.13. The second kappa shape index (κ2) is 2.68. The van der Waals surface area contributed by atoms with E-state index in [0.29, 0.717) is 5.92 Å². The van der Waals surface area contributed by atoms with Crippen LogP contribution in [0.3, 0.4) is 0 Å². The molecule has 0 aliphatic carbocycles. The fraction of sp³-hybridized carbons (Fsp3) is 0.667. The van der Waals surface area contributed by atoms with Crippen molar-refractivity contribution in [1.29, 1.82) is 0 Å². The van der Waals surface area contributed by atoms with Crippen molar-refractivity contribution in [2.75, 3.05) is 0 Å². The van der Waals surface area contributed by atoms with Gasteiger partial charge >= 0.3 is 0 Å². The molecule has 62 valence electrons. The molecule has 1 atom stereocenters. The molecule has 0 saturated carbocycles. The Bertz CT molecular complexity index is 216. The molecule has 0 aromatic carbocycles. The van der Waals surface area contributed by atoms with E-state index in [0.717, 1.165) is 5.70 Å². The van der Waals surface area contributed by atoms with E-state index in [9.17, 15) is 4.79 Å². The summed E-state index contributed by atoms with van der Waals surface area (Å²) in [6, 6.07) is 0. The van der Waals surface area contributed by atoms with Crippen molar-refractivity contribution in [1.82, 2.24) is 5.32 Å². The lowest BCUT2D eigenvalue weighted by atomic mass is 9.90. The Morgan fingerprint density at radius 1 is 1.36 bits per heavy atom. The molecule has 0 spiro atoms. The van der Waals surface area contributed by atoms with Crippen molar-refractivity contribution >= 4 is 5.91 Å². The highest BCUT2D eigenvalue weighted by molar-refractivity contribution is 5.86. The summed E-state index contributed by atoms with van der Waals surface area (Å²) in [4.78, 5) is 11.3. The Labute approximate surface area is 67.7 Å². The zero-order chi connectivity index (χ0) is 8.59. The Morgan fingerprint density at radius 2 is 1.91 bits per heavy atom. The maximum absolute atomic E-state index is 11.3. The van der Waals surface area contributed by atoms with Gasteiger partial charge in [0, 0.05) is 5.70 Å². The first kappa shape index (κ1) is 8.31. The predicted octanol–water partition coefficient (Wildman–Crippen LogP) is 1.68. The zero-order valence-corrected chi connectivity index (χ0v) is 7.56. The fourth-order valence-electron chi connectivity index (χ4n) is 1.59. The molecule has 2 nitrogen and oxygen atoms in total. The van der Waals surface area contributed by atoms with E-state index >= 15 is 0 Å². The molecular formula is C9H15NO. The maximum Gasteiger partial charge on any atom is 0.231 e. The van der Waals surface area contributed by atoms with Crippen molar-refractivity contribution in [2.24, 2.45) is 11.8 Å². The van der Waals surface area contributed by atoms with Crippen LogP contribution < -0.4 is 5.32 Å². The minimum Gasteiger partial charge on any atom is -0.330 e. The summed E-state index contributed by atoms with van der Waals surface area (Å²) in [5.41, 5.74) is 2.23.